The van der Waals surface area contributed by atoms with Crippen molar-refractivity contribution in [3.8, 4) is 6.07 Å². The van der Waals surface area contributed by atoms with Crippen LogP contribution in [-0.4, -0.2) is 12.5 Å². The van der Waals surface area contributed by atoms with Gasteiger partial charge in [0, 0.05) is 12.7 Å². The summed E-state index contributed by atoms with van der Waals surface area (Å²) >= 11 is 0. The SMILES string of the molecule is CC(NC(=O)/C(C#N)=C\NCCc1cccc(F)c1)c1ccccc1. The number of hydrogen-bond donors (Lipinski definition) is 2. The third-order valence-electron chi connectivity index (χ3n) is 3.71. The third-order valence-corrected chi connectivity index (χ3v) is 3.71. The molecule has 5 heteroatoms. The molecule has 25 heavy (non-hydrogen) atoms. The molecular weight excluding hydrogens is 317 g/mol. The zero-order valence-corrected chi connectivity index (χ0v) is 14.0. The van der Waals surface area contributed by atoms with Crippen LogP contribution in [0.5, 0.6) is 0 Å². The zero-order chi connectivity index (χ0) is 18.1. The number of carbonyl (C=O) groups excluding carboxylic acids is 1. The minimum atomic E-state index is -0.433. The Balaban J connectivity index is 1.86. The number of halogens is 1. The monoisotopic (exact) mass is 337 g/mol. The first-order chi connectivity index (χ1) is 12.1. The fourth-order valence-corrected chi connectivity index (χ4v) is 2.33. The number of nitrogens with one attached hydrogen (secondary N) is 2. The van der Waals surface area contributed by atoms with Crippen molar-refractivity contribution in [1.82, 2.24) is 10.6 Å². The predicted octanol–water partition coefficient (Wildman–Crippen LogP) is 3.24. The summed E-state index contributed by atoms with van der Waals surface area (Å²) in [5.41, 5.74) is 1.82. The highest BCUT2D eigenvalue weighted by Crippen LogP contribution is 2.11. The van der Waals surface area contributed by atoms with Crippen molar-refractivity contribution in [1.29, 1.82) is 5.26 Å². The van der Waals surface area contributed by atoms with Gasteiger partial charge in [0.05, 0.1) is 6.04 Å². The van der Waals surface area contributed by atoms with Crippen molar-refractivity contribution in [2.75, 3.05) is 6.54 Å². The molecule has 0 aliphatic carbocycles. The number of amides is 1. The Hall–Kier alpha value is -3.13. The second-order valence-corrected chi connectivity index (χ2v) is 5.61. The van der Waals surface area contributed by atoms with E-state index < -0.39 is 5.91 Å². The number of nitriles is 1. The van der Waals surface area contributed by atoms with Crippen molar-refractivity contribution < 1.29 is 9.18 Å². The molecule has 0 radical (unpaired) electrons. The summed E-state index contributed by atoms with van der Waals surface area (Å²) in [5.74, 6) is -0.711. The second-order valence-electron chi connectivity index (χ2n) is 5.61. The molecule has 0 aromatic heterocycles. The predicted molar refractivity (Wildman–Crippen MR) is 94.8 cm³/mol. The molecule has 128 valence electrons. The van der Waals surface area contributed by atoms with Crippen LogP contribution in [0.2, 0.25) is 0 Å². The summed E-state index contributed by atoms with van der Waals surface area (Å²) in [4.78, 5) is 12.2. The molecule has 0 saturated carbocycles. The summed E-state index contributed by atoms with van der Waals surface area (Å²) < 4.78 is 13.1. The first-order valence-corrected chi connectivity index (χ1v) is 8.04. The van der Waals surface area contributed by atoms with Gasteiger partial charge in [-0.2, -0.15) is 5.26 Å². The van der Waals surface area contributed by atoms with E-state index in [0.29, 0.717) is 13.0 Å². The summed E-state index contributed by atoms with van der Waals surface area (Å²) in [7, 11) is 0. The highest BCUT2D eigenvalue weighted by molar-refractivity contribution is 5.97. The topological polar surface area (TPSA) is 64.9 Å². The lowest BCUT2D eigenvalue weighted by molar-refractivity contribution is -0.117. The van der Waals surface area contributed by atoms with Crippen LogP contribution in [0.15, 0.2) is 66.4 Å². The summed E-state index contributed by atoms with van der Waals surface area (Å²) in [5, 5.41) is 14.9. The largest absolute Gasteiger partial charge is 0.389 e. The van der Waals surface area contributed by atoms with E-state index in [1.807, 2.05) is 49.4 Å². The van der Waals surface area contributed by atoms with Crippen LogP contribution < -0.4 is 10.6 Å². The van der Waals surface area contributed by atoms with E-state index in [0.717, 1.165) is 11.1 Å². The number of benzene rings is 2. The molecule has 0 bridgehead atoms. The molecule has 2 aromatic carbocycles. The fourth-order valence-electron chi connectivity index (χ4n) is 2.33. The first-order valence-electron chi connectivity index (χ1n) is 8.04. The van der Waals surface area contributed by atoms with Gasteiger partial charge < -0.3 is 10.6 Å². The van der Waals surface area contributed by atoms with Crippen molar-refractivity contribution in [2.24, 2.45) is 0 Å². The average Bonchev–Trinajstić information content (AvgIpc) is 2.62. The standard InChI is InChI=1S/C20H20FN3O/c1-15(17-7-3-2-4-8-17)24-20(25)18(13-22)14-23-11-10-16-6-5-9-19(21)12-16/h2-9,12,14-15,23H,10-11H2,1H3,(H,24,25)/b18-14-. The lowest BCUT2D eigenvalue weighted by Crippen LogP contribution is -2.28. The van der Waals surface area contributed by atoms with Gasteiger partial charge >= 0.3 is 0 Å². The van der Waals surface area contributed by atoms with Crippen LogP contribution in [0.25, 0.3) is 0 Å². The van der Waals surface area contributed by atoms with E-state index in [9.17, 15) is 9.18 Å². The molecule has 0 fully saturated rings. The van der Waals surface area contributed by atoms with Crippen LogP contribution in [-0.2, 0) is 11.2 Å². The van der Waals surface area contributed by atoms with Crippen LogP contribution in [0.4, 0.5) is 4.39 Å². The maximum absolute atomic E-state index is 13.1. The Labute approximate surface area is 147 Å². The van der Waals surface area contributed by atoms with Crippen LogP contribution in [0.3, 0.4) is 0 Å². The summed E-state index contributed by atoms with van der Waals surface area (Å²) in [6.45, 7) is 2.36. The van der Waals surface area contributed by atoms with E-state index in [-0.39, 0.29) is 17.4 Å². The Kier molecular flexibility index (Phi) is 6.73. The molecular formula is C20H20FN3O. The smallest absolute Gasteiger partial charge is 0.263 e. The normalized spacial score (nSPS) is 12.1. The Morgan fingerprint density at radius 3 is 2.68 bits per heavy atom. The van der Waals surface area contributed by atoms with Crippen molar-refractivity contribution >= 4 is 5.91 Å². The second kappa shape index (κ2) is 9.24. The highest BCUT2D eigenvalue weighted by atomic mass is 19.1. The average molecular weight is 337 g/mol. The molecule has 0 heterocycles. The van der Waals surface area contributed by atoms with Crippen molar-refractivity contribution in [3.63, 3.8) is 0 Å². The van der Waals surface area contributed by atoms with Crippen LogP contribution in [0.1, 0.15) is 24.1 Å². The van der Waals surface area contributed by atoms with Gasteiger partial charge in [0.1, 0.15) is 17.5 Å². The number of carbonyl (C=O) groups is 1. The van der Waals surface area contributed by atoms with E-state index in [1.54, 1.807) is 6.07 Å². The molecule has 2 N–H and O–H groups in total. The quantitative estimate of drug-likeness (QED) is 0.463. The molecule has 2 aromatic rings. The Bertz CT molecular complexity index is 781. The highest BCUT2D eigenvalue weighted by Gasteiger charge is 2.13. The van der Waals surface area contributed by atoms with Crippen LogP contribution >= 0.6 is 0 Å². The third kappa shape index (κ3) is 5.78. The van der Waals surface area contributed by atoms with E-state index in [2.05, 4.69) is 10.6 Å². The van der Waals surface area contributed by atoms with Gasteiger partial charge in [-0.15, -0.1) is 0 Å². The zero-order valence-electron chi connectivity index (χ0n) is 14.0. The van der Waals surface area contributed by atoms with Crippen molar-refractivity contribution in [2.45, 2.75) is 19.4 Å². The van der Waals surface area contributed by atoms with Gasteiger partial charge in [0.15, 0.2) is 0 Å². The minimum absolute atomic E-state index is 0.00187. The molecule has 2 rings (SSSR count). The molecule has 4 nitrogen and oxygen atoms in total. The first kappa shape index (κ1) is 18.2. The maximum atomic E-state index is 13.1. The van der Waals surface area contributed by atoms with E-state index >= 15 is 0 Å². The molecule has 1 unspecified atom stereocenters. The molecule has 1 atom stereocenters. The number of rotatable bonds is 7. The number of hydrogen-bond acceptors (Lipinski definition) is 3. The van der Waals surface area contributed by atoms with E-state index in [4.69, 9.17) is 5.26 Å². The minimum Gasteiger partial charge on any atom is -0.389 e. The van der Waals surface area contributed by atoms with Gasteiger partial charge in [-0.1, -0.05) is 42.5 Å². The van der Waals surface area contributed by atoms with Crippen LogP contribution in [0, 0.1) is 17.1 Å². The van der Waals surface area contributed by atoms with Gasteiger partial charge in [0.25, 0.3) is 5.91 Å². The number of nitrogens with zero attached hydrogens (tertiary/aromatic N) is 1. The van der Waals surface area contributed by atoms with Crippen molar-refractivity contribution in [3.05, 3.63) is 83.3 Å². The lowest BCUT2D eigenvalue weighted by Gasteiger charge is -2.13. The summed E-state index contributed by atoms with van der Waals surface area (Å²) in [6, 6.07) is 17.6. The molecule has 1 amide bonds. The molecule has 0 aliphatic rings. The Morgan fingerprint density at radius 2 is 2.00 bits per heavy atom. The Morgan fingerprint density at radius 1 is 1.24 bits per heavy atom. The van der Waals surface area contributed by atoms with Gasteiger partial charge in [0.2, 0.25) is 0 Å². The lowest BCUT2D eigenvalue weighted by atomic mass is 10.1. The maximum Gasteiger partial charge on any atom is 0.263 e. The fraction of sp³-hybridized carbons (Fsp3) is 0.200. The van der Waals surface area contributed by atoms with Gasteiger partial charge in [-0.05, 0) is 36.6 Å². The molecule has 0 aliphatic heterocycles. The van der Waals surface area contributed by atoms with Gasteiger partial charge in [-0.3, -0.25) is 4.79 Å². The van der Waals surface area contributed by atoms with E-state index in [1.165, 1.54) is 18.3 Å². The van der Waals surface area contributed by atoms with Gasteiger partial charge in [-0.25, -0.2) is 4.39 Å². The molecule has 0 saturated heterocycles. The molecule has 0 spiro atoms. The summed E-state index contributed by atoms with van der Waals surface area (Å²) in [6.07, 6.45) is 1.99.